The summed E-state index contributed by atoms with van der Waals surface area (Å²) in [5.74, 6) is -0.117. The average molecular weight is 585 g/mol. The molecule has 0 saturated heterocycles. The van der Waals surface area contributed by atoms with Crippen LogP contribution in [-0.2, 0) is 24.3 Å². The van der Waals surface area contributed by atoms with Gasteiger partial charge >= 0.3 is 0 Å². The minimum Gasteiger partial charge on any atom is -0.494 e. The van der Waals surface area contributed by atoms with Gasteiger partial charge in [0.15, 0.2) is 5.82 Å². The van der Waals surface area contributed by atoms with E-state index in [0.717, 1.165) is 6.42 Å². The Hall–Kier alpha value is -3.20. The molecule has 15 heteroatoms. The number of carbonyl (C=O) groups is 1. The van der Waals surface area contributed by atoms with E-state index in [1.165, 1.54) is 40.6 Å². The minimum absolute atomic E-state index is 0.00727. The summed E-state index contributed by atoms with van der Waals surface area (Å²) in [6.45, 7) is 1.41. The number of rotatable bonds is 10. The van der Waals surface area contributed by atoms with Crippen LogP contribution in [0.25, 0.3) is 0 Å². The van der Waals surface area contributed by atoms with E-state index in [9.17, 15) is 13.2 Å². The SMILES string of the molecule is COc1cccc(OC)c1N/C(=N/S(=O)(=O)[C@@H](C)[C@H](OC)c1ncc(Cl)cn1)NNC(=O)[C@@H]1CC[C@H](OC)C1. The third kappa shape index (κ3) is 7.68. The molecular formula is C24H33ClN6O7S. The van der Waals surface area contributed by atoms with Crippen molar-refractivity contribution in [3.8, 4) is 11.5 Å². The lowest BCUT2D eigenvalue weighted by molar-refractivity contribution is -0.125. The summed E-state index contributed by atoms with van der Waals surface area (Å²) in [5.41, 5.74) is 5.45. The van der Waals surface area contributed by atoms with E-state index in [4.69, 9.17) is 30.5 Å². The molecule has 1 heterocycles. The van der Waals surface area contributed by atoms with Crippen molar-refractivity contribution in [2.75, 3.05) is 33.8 Å². The standard InChI is InChI=1S/C24H33ClN6O7S/c1-14(21(38-5)22-26-12-16(25)13-27-22)39(33,34)31-24(28-20-18(36-3)7-6-8-19(20)37-4)30-29-23(32)15-9-10-17(11-15)35-2/h6-8,12-15,17,21H,9-11H2,1-5H3,(H,29,32)(H2,28,30,31)/t14-,15+,17-,21-/m0/s1. The molecule has 4 atom stereocenters. The zero-order valence-corrected chi connectivity index (χ0v) is 23.9. The first-order valence-electron chi connectivity index (χ1n) is 12.0. The van der Waals surface area contributed by atoms with Crippen molar-refractivity contribution in [1.29, 1.82) is 0 Å². The predicted octanol–water partition coefficient (Wildman–Crippen LogP) is 2.46. The van der Waals surface area contributed by atoms with Crippen LogP contribution in [0.1, 0.15) is 38.1 Å². The Morgan fingerprint density at radius 3 is 2.26 bits per heavy atom. The van der Waals surface area contributed by atoms with Crippen molar-refractivity contribution in [1.82, 2.24) is 20.8 Å². The van der Waals surface area contributed by atoms with Crippen LogP contribution < -0.4 is 25.6 Å². The minimum atomic E-state index is -4.30. The number of anilines is 1. The highest BCUT2D eigenvalue weighted by Crippen LogP contribution is 2.34. The molecule has 3 N–H and O–H groups in total. The number of sulfonamides is 1. The molecule has 3 rings (SSSR count). The lowest BCUT2D eigenvalue weighted by atomic mass is 10.1. The number of nitrogens with zero attached hydrogens (tertiary/aromatic N) is 3. The molecule has 0 spiro atoms. The second kappa shape index (κ2) is 13.7. The monoisotopic (exact) mass is 584 g/mol. The van der Waals surface area contributed by atoms with E-state index in [0.29, 0.717) is 29.4 Å². The first-order chi connectivity index (χ1) is 18.6. The highest BCUT2D eigenvalue weighted by Gasteiger charge is 2.34. The fourth-order valence-electron chi connectivity index (χ4n) is 4.13. The number of nitrogens with one attached hydrogen (secondary N) is 3. The number of guanidine groups is 1. The molecule has 1 aliphatic carbocycles. The van der Waals surface area contributed by atoms with E-state index < -0.39 is 21.4 Å². The van der Waals surface area contributed by atoms with Crippen molar-refractivity contribution in [3.05, 3.63) is 41.4 Å². The molecule has 0 aliphatic heterocycles. The van der Waals surface area contributed by atoms with Crippen LogP contribution in [0, 0.1) is 5.92 Å². The molecule has 1 aliphatic rings. The largest absolute Gasteiger partial charge is 0.494 e. The molecule has 0 bridgehead atoms. The maximum Gasteiger partial charge on any atom is 0.262 e. The predicted molar refractivity (Wildman–Crippen MR) is 145 cm³/mol. The molecule has 1 amide bonds. The number of hydrogen-bond acceptors (Lipinski definition) is 9. The molecule has 0 radical (unpaired) electrons. The lowest BCUT2D eigenvalue weighted by Crippen LogP contribution is -2.47. The van der Waals surface area contributed by atoms with Crippen LogP contribution >= 0.6 is 11.6 Å². The van der Waals surface area contributed by atoms with Crippen LogP contribution in [0.4, 0.5) is 5.69 Å². The van der Waals surface area contributed by atoms with Crippen LogP contribution in [0.3, 0.4) is 0 Å². The van der Waals surface area contributed by atoms with Gasteiger partial charge in [-0.1, -0.05) is 17.7 Å². The van der Waals surface area contributed by atoms with Crippen LogP contribution in [0.2, 0.25) is 5.02 Å². The van der Waals surface area contributed by atoms with Gasteiger partial charge in [0.25, 0.3) is 10.0 Å². The third-order valence-electron chi connectivity index (χ3n) is 6.33. The number of carbonyl (C=O) groups excluding carboxylic acids is 1. The van der Waals surface area contributed by atoms with Gasteiger partial charge < -0.3 is 24.3 Å². The van der Waals surface area contributed by atoms with Crippen molar-refractivity contribution in [2.45, 2.75) is 43.6 Å². The molecule has 13 nitrogen and oxygen atoms in total. The highest BCUT2D eigenvalue weighted by atomic mass is 35.5. The van der Waals surface area contributed by atoms with Crippen molar-refractivity contribution in [3.63, 3.8) is 0 Å². The normalized spacial score (nSPS) is 19.2. The van der Waals surface area contributed by atoms with Crippen molar-refractivity contribution < 1.29 is 32.2 Å². The number of aromatic nitrogens is 2. The molecule has 214 valence electrons. The van der Waals surface area contributed by atoms with Gasteiger partial charge in [-0.2, -0.15) is 0 Å². The fourth-order valence-corrected chi connectivity index (χ4v) is 5.28. The van der Waals surface area contributed by atoms with Gasteiger partial charge in [0.1, 0.15) is 28.5 Å². The molecule has 1 fully saturated rings. The summed E-state index contributed by atoms with van der Waals surface area (Å²) in [5, 5.41) is 1.94. The Kier molecular flexibility index (Phi) is 10.7. The van der Waals surface area contributed by atoms with Crippen molar-refractivity contribution in [2.24, 2.45) is 10.3 Å². The number of methoxy groups -OCH3 is 4. The summed E-state index contributed by atoms with van der Waals surface area (Å²) >= 11 is 5.86. The Morgan fingerprint density at radius 1 is 1.08 bits per heavy atom. The Balaban J connectivity index is 1.92. The topological polar surface area (TPSA) is 162 Å². The molecule has 1 aromatic heterocycles. The summed E-state index contributed by atoms with van der Waals surface area (Å²) in [6, 6.07) is 5.01. The summed E-state index contributed by atoms with van der Waals surface area (Å²) in [4.78, 5) is 21.0. The second-order valence-electron chi connectivity index (χ2n) is 8.72. The van der Waals surface area contributed by atoms with Crippen LogP contribution in [0.5, 0.6) is 11.5 Å². The average Bonchev–Trinajstić information content (AvgIpc) is 3.42. The van der Waals surface area contributed by atoms with Gasteiger partial charge in [0, 0.05) is 32.5 Å². The smallest absolute Gasteiger partial charge is 0.262 e. The molecular weight excluding hydrogens is 552 g/mol. The summed E-state index contributed by atoms with van der Waals surface area (Å²) in [6.07, 6.45) is 3.56. The van der Waals surface area contributed by atoms with Gasteiger partial charge in [-0.05, 0) is 38.3 Å². The lowest BCUT2D eigenvalue weighted by Gasteiger charge is -2.21. The van der Waals surface area contributed by atoms with Gasteiger partial charge in [0.05, 0.1) is 25.3 Å². The van der Waals surface area contributed by atoms with E-state index in [-0.39, 0.29) is 35.4 Å². The number of halogens is 1. The maximum absolute atomic E-state index is 13.4. The first-order valence-corrected chi connectivity index (χ1v) is 13.9. The molecule has 1 saturated carbocycles. The van der Waals surface area contributed by atoms with Gasteiger partial charge in [-0.25, -0.2) is 18.4 Å². The highest BCUT2D eigenvalue weighted by molar-refractivity contribution is 7.90. The molecule has 1 aromatic carbocycles. The zero-order valence-electron chi connectivity index (χ0n) is 22.3. The van der Waals surface area contributed by atoms with E-state index in [1.54, 1.807) is 25.3 Å². The Morgan fingerprint density at radius 2 is 1.72 bits per heavy atom. The van der Waals surface area contributed by atoms with Gasteiger partial charge in [-0.15, -0.1) is 4.40 Å². The number of hydrogen-bond donors (Lipinski definition) is 3. The van der Waals surface area contributed by atoms with Crippen LogP contribution in [0.15, 0.2) is 35.0 Å². The van der Waals surface area contributed by atoms with E-state index in [1.807, 2.05) is 0 Å². The number of benzene rings is 1. The molecule has 2 aromatic rings. The first kappa shape index (κ1) is 30.3. The fraction of sp³-hybridized carbons (Fsp3) is 0.500. The number of para-hydroxylation sites is 1. The zero-order chi connectivity index (χ0) is 28.6. The van der Waals surface area contributed by atoms with Gasteiger partial charge in [0.2, 0.25) is 11.9 Å². The molecule has 39 heavy (non-hydrogen) atoms. The third-order valence-corrected chi connectivity index (χ3v) is 8.15. The quantitative estimate of drug-likeness (QED) is 0.213. The number of amides is 1. The van der Waals surface area contributed by atoms with Gasteiger partial charge in [-0.3, -0.25) is 15.6 Å². The second-order valence-corrected chi connectivity index (χ2v) is 11.1. The summed E-state index contributed by atoms with van der Waals surface area (Å²) < 4.78 is 52.4. The number of ether oxygens (including phenoxy) is 4. The maximum atomic E-state index is 13.4. The van der Waals surface area contributed by atoms with Crippen LogP contribution in [-0.4, -0.2) is 70.0 Å². The van der Waals surface area contributed by atoms with E-state index in [2.05, 4.69) is 30.5 Å². The van der Waals surface area contributed by atoms with Crippen molar-refractivity contribution >= 4 is 39.2 Å². The number of hydrazine groups is 1. The Labute approximate surface area is 232 Å². The summed E-state index contributed by atoms with van der Waals surface area (Å²) in [7, 11) is 1.55. The molecule has 0 unspecified atom stereocenters. The Bertz CT molecular complexity index is 1240. The van der Waals surface area contributed by atoms with E-state index >= 15 is 0 Å².